The van der Waals surface area contributed by atoms with E-state index >= 15 is 0 Å². The Balaban J connectivity index is 1.93. The number of carboxylic acids is 1. The van der Waals surface area contributed by atoms with Gasteiger partial charge >= 0.3 is 5.97 Å². The van der Waals surface area contributed by atoms with E-state index < -0.39 is 11.8 Å². The minimum Gasteiger partial charge on any atom is -0.494 e. The lowest BCUT2D eigenvalue weighted by molar-refractivity contribution is -0.143. The fraction of sp³-hybridized carbons (Fsp3) is 0.467. The number of anilines is 1. The molecule has 1 aliphatic rings. The summed E-state index contributed by atoms with van der Waals surface area (Å²) in [6.45, 7) is 0. The van der Waals surface area contributed by atoms with Crippen molar-refractivity contribution in [3.8, 4) is 5.75 Å². The minimum absolute atomic E-state index is 0.120. The van der Waals surface area contributed by atoms with Gasteiger partial charge in [0.2, 0.25) is 5.91 Å². The Hall–Kier alpha value is -2.11. The van der Waals surface area contributed by atoms with Gasteiger partial charge in [-0.05, 0) is 37.8 Å². The fourth-order valence-electron chi connectivity index (χ4n) is 2.59. The molecule has 2 N–H and O–H groups in total. The maximum atomic E-state index is 13.5. The van der Waals surface area contributed by atoms with Crippen molar-refractivity contribution in [2.45, 2.75) is 25.7 Å². The van der Waals surface area contributed by atoms with Crippen LogP contribution in [0.4, 0.5) is 10.1 Å². The maximum Gasteiger partial charge on any atom is 0.306 e. The summed E-state index contributed by atoms with van der Waals surface area (Å²) in [6, 6.07) is 4.23. The van der Waals surface area contributed by atoms with E-state index in [1.165, 1.54) is 19.2 Å². The van der Waals surface area contributed by atoms with Crippen LogP contribution in [0.1, 0.15) is 25.7 Å². The van der Waals surface area contributed by atoms with E-state index in [0.717, 1.165) is 0 Å². The molecular weight excluding hydrogens is 277 g/mol. The molecule has 0 saturated heterocycles. The average molecular weight is 295 g/mol. The third-order valence-electron chi connectivity index (χ3n) is 3.87. The Morgan fingerprint density at radius 1 is 1.24 bits per heavy atom. The van der Waals surface area contributed by atoms with Gasteiger partial charge in [-0.3, -0.25) is 9.59 Å². The van der Waals surface area contributed by atoms with Crippen LogP contribution in [0.3, 0.4) is 0 Å². The molecule has 0 radical (unpaired) electrons. The van der Waals surface area contributed by atoms with Gasteiger partial charge in [0.25, 0.3) is 0 Å². The summed E-state index contributed by atoms with van der Waals surface area (Å²) in [6.07, 6.45) is 2.09. The Kier molecular flexibility index (Phi) is 4.77. The summed E-state index contributed by atoms with van der Waals surface area (Å²) in [4.78, 5) is 23.0. The van der Waals surface area contributed by atoms with Crippen molar-refractivity contribution in [3.63, 3.8) is 0 Å². The number of carbonyl (C=O) groups excluding carboxylic acids is 1. The number of rotatable bonds is 4. The molecule has 0 aromatic heterocycles. The molecule has 21 heavy (non-hydrogen) atoms. The monoisotopic (exact) mass is 295 g/mol. The molecule has 1 aliphatic carbocycles. The summed E-state index contributed by atoms with van der Waals surface area (Å²) in [7, 11) is 1.37. The zero-order valence-corrected chi connectivity index (χ0v) is 11.8. The SMILES string of the molecule is COc1ccc(NC(=O)C2CCC(C(=O)O)CC2)cc1F. The van der Waals surface area contributed by atoms with E-state index in [1.54, 1.807) is 6.07 Å². The largest absolute Gasteiger partial charge is 0.494 e. The van der Waals surface area contributed by atoms with Gasteiger partial charge in [-0.15, -0.1) is 0 Å². The van der Waals surface area contributed by atoms with Gasteiger partial charge in [-0.2, -0.15) is 0 Å². The van der Waals surface area contributed by atoms with Gasteiger partial charge in [0, 0.05) is 17.7 Å². The number of amides is 1. The van der Waals surface area contributed by atoms with Crippen LogP contribution in [0.2, 0.25) is 0 Å². The molecule has 1 amide bonds. The Morgan fingerprint density at radius 3 is 2.38 bits per heavy atom. The molecule has 0 heterocycles. The lowest BCUT2D eigenvalue weighted by Crippen LogP contribution is -2.29. The van der Waals surface area contributed by atoms with Crippen molar-refractivity contribution in [2.24, 2.45) is 11.8 Å². The Labute approximate surface area is 122 Å². The van der Waals surface area contributed by atoms with Crippen molar-refractivity contribution in [3.05, 3.63) is 24.0 Å². The second-order valence-electron chi connectivity index (χ2n) is 5.23. The van der Waals surface area contributed by atoms with Gasteiger partial charge in [-0.1, -0.05) is 0 Å². The summed E-state index contributed by atoms with van der Waals surface area (Å²) in [5, 5.41) is 11.6. The molecule has 114 valence electrons. The first kappa shape index (κ1) is 15.3. The lowest BCUT2D eigenvalue weighted by Gasteiger charge is -2.25. The number of carboxylic acid groups (broad SMARTS) is 1. The molecule has 0 bridgehead atoms. The molecule has 0 aliphatic heterocycles. The topological polar surface area (TPSA) is 75.6 Å². The molecule has 1 aromatic carbocycles. The number of hydrogen-bond acceptors (Lipinski definition) is 3. The molecule has 2 rings (SSSR count). The zero-order valence-electron chi connectivity index (χ0n) is 11.8. The van der Waals surface area contributed by atoms with Crippen LogP contribution in [0.15, 0.2) is 18.2 Å². The van der Waals surface area contributed by atoms with Crippen molar-refractivity contribution in [1.29, 1.82) is 0 Å². The third kappa shape index (κ3) is 3.71. The van der Waals surface area contributed by atoms with Crippen LogP contribution in [0, 0.1) is 17.7 Å². The first-order valence-corrected chi connectivity index (χ1v) is 6.88. The van der Waals surface area contributed by atoms with Crippen LogP contribution in [0.25, 0.3) is 0 Å². The van der Waals surface area contributed by atoms with Crippen LogP contribution in [0.5, 0.6) is 5.75 Å². The Bertz CT molecular complexity index is 538. The molecule has 0 atom stereocenters. The van der Waals surface area contributed by atoms with Crippen molar-refractivity contribution < 1.29 is 23.8 Å². The highest BCUT2D eigenvalue weighted by Gasteiger charge is 2.29. The van der Waals surface area contributed by atoms with Gasteiger partial charge < -0.3 is 15.2 Å². The van der Waals surface area contributed by atoms with E-state index in [4.69, 9.17) is 9.84 Å². The maximum absolute atomic E-state index is 13.5. The van der Waals surface area contributed by atoms with Gasteiger partial charge in [0.15, 0.2) is 11.6 Å². The molecule has 1 aromatic rings. The second kappa shape index (κ2) is 6.56. The first-order valence-electron chi connectivity index (χ1n) is 6.88. The highest BCUT2D eigenvalue weighted by molar-refractivity contribution is 5.92. The van der Waals surface area contributed by atoms with E-state index in [2.05, 4.69) is 5.32 Å². The molecule has 0 spiro atoms. The summed E-state index contributed by atoms with van der Waals surface area (Å²) in [5.41, 5.74) is 0.374. The lowest BCUT2D eigenvalue weighted by atomic mass is 9.81. The molecule has 6 heteroatoms. The molecule has 1 fully saturated rings. The number of halogens is 1. The Morgan fingerprint density at radius 2 is 1.86 bits per heavy atom. The molecular formula is C15H18FNO4. The van der Waals surface area contributed by atoms with Crippen molar-refractivity contribution in [2.75, 3.05) is 12.4 Å². The van der Waals surface area contributed by atoms with Crippen LogP contribution < -0.4 is 10.1 Å². The number of nitrogens with one attached hydrogen (secondary N) is 1. The van der Waals surface area contributed by atoms with Crippen molar-refractivity contribution in [1.82, 2.24) is 0 Å². The van der Waals surface area contributed by atoms with E-state index in [-0.39, 0.29) is 23.5 Å². The van der Waals surface area contributed by atoms with Crippen LogP contribution in [-0.2, 0) is 9.59 Å². The van der Waals surface area contributed by atoms with Crippen LogP contribution in [-0.4, -0.2) is 24.1 Å². The normalized spacial score (nSPS) is 21.6. The van der Waals surface area contributed by atoms with Gasteiger partial charge in [0.1, 0.15) is 0 Å². The molecule has 0 unspecified atom stereocenters. The minimum atomic E-state index is -0.800. The second-order valence-corrected chi connectivity index (χ2v) is 5.23. The highest BCUT2D eigenvalue weighted by Crippen LogP contribution is 2.30. The fourth-order valence-corrected chi connectivity index (χ4v) is 2.59. The number of benzene rings is 1. The third-order valence-corrected chi connectivity index (χ3v) is 3.87. The predicted molar refractivity (Wildman–Crippen MR) is 74.7 cm³/mol. The van der Waals surface area contributed by atoms with Crippen LogP contribution >= 0.6 is 0 Å². The predicted octanol–water partition coefficient (Wildman–Crippen LogP) is 2.66. The number of methoxy groups -OCH3 is 1. The number of hydrogen-bond donors (Lipinski definition) is 2. The number of carbonyl (C=O) groups is 2. The first-order chi connectivity index (χ1) is 10.0. The van der Waals surface area contributed by atoms with E-state index in [0.29, 0.717) is 31.4 Å². The number of aliphatic carboxylic acids is 1. The quantitative estimate of drug-likeness (QED) is 0.895. The van der Waals surface area contributed by atoms with E-state index in [9.17, 15) is 14.0 Å². The standard InChI is InChI=1S/C15H18FNO4/c1-21-13-7-6-11(8-12(13)16)17-14(18)9-2-4-10(5-3-9)15(19)20/h6-10H,2-5H2,1H3,(H,17,18)(H,19,20). The number of ether oxygens (including phenoxy) is 1. The zero-order chi connectivity index (χ0) is 15.4. The summed E-state index contributed by atoms with van der Waals surface area (Å²) in [5.74, 6) is -1.98. The molecule has 1 saturated carbocycles. The van der Waals surface area contributed by atoms with E-state index in [1.807, 2.05) is 0 Å². The highest BCUT2D eigenvalue weighted by atomic mass is 19.1. The summed E-state index contributed by atoms with van der Waals surface area (Å²) >= 11 is 0. The van der Waals surface area contributed by atoms with Crippen molar-refractivity contribution >= 4 is 17.6 Å². The molecule has 5 nitrogen and oxygen atoms in total. The smallest absolute Gasteiger partial charge is 0.306 e. The van der Waals surface area contributed by atoms with Gasteiger partial charge in [-0.25, -0.2) is 4.39 Å². The van der Waals surface area contributed by atoms with Gasteiger partial charge in [0.05, 0.1) is 13.0 Å². The summed E-state index contributed by atoms with van der Waals surface area (Å²) < 4.78 is 18.4. The average Bonchev–Trinajstić information content (AvgIpc) is 2.47.